The highest BCUT2D eigenvalue weighted by Crippen LogP contribution is 2.25. The predicted octanol–water partition coefficient (Wildman–Crippen LogP) is 2.93. The Bertz CT molecular complexity index is 316. The Balaban J connectivity index is 2.08. The standard InChI is InChI=1S/C13H19NO/c1-11-6-8-14(9-7-11)12-4-3-5-13(10-12)15-2/h3-5,10-11H,6-9H2,1-2H3. The van der Waals surface area contributed by atoms with Gasteiger partial charge in [0.2, 0.25) is 0 Å². The van der Waals surface area contributed by atoms with Gasteiger partial charge < -0.3 is 9.64 Å². The van der Waals surface area contributed by atoms with Gasteiger partial charge in [0.25, 0.3) is 0 Å². The lowest BCUT2D eigenvalue weighted by molar-refractivity contribution is 0.413. The van der Waals surface area contributed by atoms with Crippen molar-refractivity contribution in [1.82, 2.24) is 0 Å². The fourth-order valence-electron chi connectivity index (χ4n) is 2.07. The predicted molar refractivity (Wildman–Crippen MR) is 63.6 cm³/mol. The molecule has 1 heterocycles. The van der Waals surface area contributed by atoms with E-state index in [0.717, 1.165) is 11.7 Å². The van der Waals surface area contributed by atoms with Gasteiger partial charge in [0, 0.05) is 24.8 Å². The summed E-state index contributed by atoms with van der Waals surface area (Å²) in [5.41, 5.74) is 1.29. The Kier molecular flexibility index (Phi) is 3.14. The molecule has 0 aromatic heterocycles. The first-order chi connectivity index (χ1) is 7.29. The van der Waals surface area contributed by atoms with Crippen molar-refractivity contribution in [2.75, 3.05) is 25.1 Å². The van der Waals surface area contributed by atoms with Gasteiger partial charge in [-0.15, -0.1) is 0 Å². The highest BCUT2D eigenvalue weighted by molar-refractivity contribution is 5.50. The molecule has 0 unspecified atom stereocenters. The molecule has 1 aromatic rings. The molecule has 2 heteroatoms. The zero-order chi connectivity index (χ0) is 10.7. The minimum absolute atomic E-state index is 0.881. The second-order valence-corrected chi connectivity index (χ2v) is 4.37. The first-order valence-electron chi connectivity index (χ1n) is 5.68. The van der Waals surface area contributed by atoms with E-state index in [1.54, 1.807) is 7.11 Å². The first kappa shape index (κ1) is 10.3. The van der Waals surface area contributed by atoms with Gasteiger partial charge >= 0.3 is 0 Å². The molecule has 15 heavy (non-hydrogen) atoms. The Labute approximate surface area is 91.9 Å². The Morgan fingerprint density at radius 3 is 2.67 bits per heavy atom. The van der Waals surface area contributed by atoms with Gasteiger partial charge in [0.1, 0.15) is 5.75 Å². The summed E-state index contributed by atoms with van der Waals surface area (Å²) in [4.78, 5) is 2.45. The zero-order valence-electron chi connectivity index (χ0n) is 9.57. The Morgan fingerprint density at radius 1 is 1.27 bits per heavy atom. The van der Waals surface area contributed by atoms with Crippen LogP contribution in [0.15, 0.2) is 24.3 Å². The molecule has 0 bridgehead atoms. The molecule has 1 fully saturated rings. The molecule has 0 atom stereocenters. The van der Waals surface area contributed by atoms with Gasteiger partial charge in [-0.3, -0.25) is 0 Å². The first-order valence-corrected chi connectivity index (χ1v) is 5.68. The van der Waals surface area contributed by atoms with Crippen molar-refractivity contribution in [3.63, 3.8) is 0 Å². The summed E-state index contributed by atoms with van der Waals surface area (Å²) in [6.45, 7) is 4.69. The van der Waals surface area contributed by atoms with Crippen LogP contribution in [0.25, 0.3) is 0 Å². The van der Waals surface area contributed by atoms with E-state index in [9.17, 15) is 0 Å². The van der Waals surface area contributed by atoms with Crippen LogP contribution < -0.4 is 9.64 Å². The van der Waals surface area contributed by atoms with Crippen LogP contribution in [0, 0.1) is 5.92 Å². The van der Waals surface area contributed by atoms with Crippen molar-refractivity contribution >= 4 is 5.69 Å². The van der Waals surface area contributed by atoms with Crippen LogP contribution in [-0.2, 0) is 0 Å². The molecule has 0 aliphatic carbocycles. The summed E-state index contributed by atoms with van der Waals surface area (Å²) in [5, 5.41) is 0. The van der Waals surface area contributed by atoms with Crippen molar-refractivity contribution in [2.45, 2.75) is 19.8 Å². The van der Waals surface area contributed by atoms with E-state index < -0.39 is 0 Å². The molecule has 0 saturated carbocycles. The lowest BCUT2D eigenvalue weighted by Gasteiger charge is -2.32. The van der Waals surface area contributed by atoms with Crippen LogP contribution in [0.2, 0.25) is 0 Å². The largest absolute Gasteiger partial charge is 0.497 e. The van der Waals surface area contributed by atoms with Gasteiger partial charge in [0.15, 0.2) is 0 Å². The highest BCUT2D eigenvalue weighted by atomic mass is 16.5. The number of anilines is 1. The SMILES string of the molecule is COc1cccc(N2CCC(C)CC2)c1. The second kappa shape index (κ2) is 4.56. The van der Waals surface area contributed by atoms with Crippen LogP contribution in [-0.4, -0.2) is 20.2 Å². The minimum Gasteiger partial charge on any atom is -0.497 e. The summed E-state index contributed by atoms with van der Waals surface area (Å²) in [7, 11) is 1.72. The molecule has 0 amide bonds. The average molecular weight is 205 g/mol. The lowest BCUT2D eigenvalue weighted by atomic mass is 9.99. The van der Waals surface area contributed by atoms with E-state index >= 15 is 0 Å². The average Bonchev–Trinajstić information content (AvgIpc) is 2.30. The molecule has 1 saturated heterocycles. The summed E-state index contributed by atoms with van der Waals surface area (Å²) < 4.78 is 5.24. The van der Waals surface area contributed by atoms with E-state index in [2.05, 4.69) is 30.0 Å². The Morgan fingerprint density at radius 2 is 2.00 bits per heavy atom. The molecule has 1 aliphatic heterocycles. The number of rotatable bonds is 2. The summed E-state index contributed by atoms with van der Waals surface area (Å²) in [5.74, 6) is 1.83. The number of piperidine rings is 1. The van der Waals surface area contributed by atoms with Crippen molar-refractivity contribution in [3.05, 3.63) is 24.3 Å². The van der Waals surface area contributed by atoms with Crippen molar-refractivity contribution < 1.29 is 4.74 Å². The van der Waals surface area contributed by atoms with Crippen molar-refractivity contribution in [1.29, 1.82) is 0 Å². The molecule has 0 N–H and O–H groups in total. The molecule has 1 aliphatic rings. The third kappa shape index (κ3) is 2.44. The fraction of sp³-hybridized carbons (Fsp3) is 0.538. The highest BCUT2D eigenvalue weighted by Gasteiger charge is 2.15. The Hall–Kier alpha value is -1.18. The number of benzene rings is 1. The van der Waals surface area contributed by atoms with Crippen molar-refractivity contribution in [3.8, 4) is 5.75 Å². The van der Waals surface area contributed by atoms with Crippen LogP contribution in [0.3, 0.4) is 0 Å². The maximum Gasteiger partial charge on any atom is 0.120 e. The van der Waals surface area contributed by atoms with Crippen LogP contribution >= 0.6 is 0 Å². The third-order valence-corrected chi connectivity index (χ3v) is 3.20. The van der Waals surface area contributed by atoms with E-state index in [1.807, 2.05) is 6.07 Å². The molecule has 82 valence electrons. The van der Waals surface area contributed by atoms with Crippen LogP contribution in [0.5, 0.6) is 5.75 Å². The van der Waals surface area contributed by atoms with Crippen LogP contribution in [0.1, 0.15) is 19.8 Å². The van der Waals surface area contributed by atoms with E-state index in [1.165, 1.54) is 31.6 Å². The lowest BCUT2D eigenvalue weighted by Crippen LogP contribution is -2.32. The maximum absolute atomic E-state index is 5.24. The summed E-state index contributed by atoms with van der Waals surface area (Å²) in [6.07, 6.45) is 2.61. The smallest absolute Gasteiger partial charge is 0.120 e. The van der Waals surface area contributed by atoms with Gasteiger partial charge in [-0.1, -0.05) is 13.0 Å². The summed E-state index contributed by atoms with van der Waals surface area (Å²) >= 11 is 0. The molecular formula is C13H19NO. The molecule has 0 radical (unpaired) electrons. The zero-order valence-corrected chi connectivity index (χ0v) is 9.57. The van der Waals surface area contributed by atoms with Crippen LogP contribution in [0.4, 0.5) is 5.69 Å². The quantitative estimate of drug-likeness (QED) is 0.736. The maximum atomic E-state index is 5.24. The number of hydrogen-bond donors (Lipinski definition) is 0. The van der Waals surface area contributed by atoms with Crippen molar-refractivity contribution in [2.24, 2.45) is 5.92 Å². The molecule has 0 spiro atoms. The summed E-state index contributed by atoms with van der Waals surface area (Å²) in [6, 6.07) is 8.34. The topological polar surface area (TPSA) is 12.5 Å². The molecule has 2 nitrogen and oxygen atoms in total. The number of nitrogens with zero attached hydrogens (tertiary/aromatic N) is 1. The van der Waals surface area contributed by atoms with E-state index in [4.69, 9.17) is 4.74 Å². The second-order valence-electron chi connectivity index (χ2n) is 4.37. The normalized spacial score (nSPS) is 17.9. The number of methoxy groups -OCH3 is 1. The minimum atomic E-state index is 0.881. The molecule has 1 aromatic carbocycles. The van der Waals surface area contributed by atoms with E-state index in [-0.39, 0.29) is 0 Å². The van der Waals surface area contributed by atoms with E-state index in [0.29, 0.717) is 0 Å². The number of ether oxygens (including phenoxy) is 1. The van der Waals surface area contributed by atoms with Gasteiger partial charge in [-0.05, 0) is 30.9 Å². The van der Waals surface area contributed by atoms with Gasteiger partial charge in [-0.2, -0.15) is 0 Å². The molecule has 2 rings (SSSR count). The van der Waals surface area contributed by atoms with Gasteiger partial charge in [-0.25, -0.2) is 0 Å². The number of hydrogen-bond acceptors (Lipinski definition) is 2. The monoisotopic (exact) mass is 205 g/mol. The van der Waals surface area contributed by atoms with Gasteiger partial charge in [0.05, 0.1) is 7.11 Å². The fourth-order valence-corrected chi connectivity index (χ4v) is 2.07. The third-order valence-electron chi connectivity index (χ3n) is 3.20. The molecular weight excluding hydrogens is 186 g/mol.